The van der Waals surface area contributed by atoms with E-state index in [1.165, 1.54) is 32.1 Å². The molecule has 94 valence electrons. The highest BCUT2D eigenvalue weighted by Gasteiger charge is 2.26. The molecule has 1 heterocycles. The number of nitrogens with one attached hydrogen (secondary N) is 1. The largest absolute Gasteiger partial charge is 0.378 e. The van der Waals surface area contributed by atoms with Crippen molar-refractivity contribution >= 4 is 0 Å². The van der Waals surface area contributed by atoms with Crippen molar-refractivity contribution in [1.82, 2.24) is 5.32 Å². The monoisotopic (exact) mass is 227 g/mol. The smallest absolute Gasteiger partial charge is 0.0813 e. The summed E-state index contributed by atoms with van der Waals surface area (Å²) in [4.78, 5) is 0. The molecule has 0 amide bonds. The summed E-state index contributed by atoms with van der Waals surface area (Å²) in [5.41, 5.74) is 0. The van der Waals surface area contributed by atoms with Crippen molar-refractivity contribution < 1.29 is 9.47 Å². The van der Waals surface area contributed by atoms with Crippen LogP contribution >= 0.6 is 0 Å². The normalized spacial score (nSPS) is 29.8. The second kappa shape index (κ2) is 6.58. The molecular weight excluding hydrogens is 202 g/mol. The highest BCUT2D eigenvalue weighted by Crippen LogP contribution is 2.29. The summed E-state index contributed by atoms with van der Waals surface area (Å²) in [5, 5.41) is 3.42. The Bertz CT molecular complexity index is 194. The van der Waals surface area contributed by atoms with Gasteiger partial charge in [-0.3, -0.25) is 0 Å². The van der Waals surface area contributed by atoms with Crippen LogP contribution in [-0.2, 0) is 9.47 Å². The van der Waals surface area contributed by atoms with Gasteiger partial charge >= 0.3 is 0 Å². The van der Waals surface area contributed by atoms with Crippen molar-refractivity contribution in [1.29, 1.82) is 0 Å². The molecule has 2 rings (SSSR count). The molecule has 0 bridgehead atoms. The molecule has 1 N–H and O–H groups in total. The zero-order valence-corrected chi connectivity index (χ0v) is 10.4. The first-order valence-electron chi connectivity index (χ1n) is 6.82. The number of rotatable bonds is 8. The Balaban J connectivity index is 1.49. The van der Waals surface area contributed by atoms with Crippen LogP contribution in [0.15, 0.2) is 0 Å². The molecule has 1 saturated carbocycles. The lowest BCUT2D eigenvalue weighted by Gasteiger charge is -2.14. The van der Waals surface area contributed by atoms with Crippen LogP contribution in [0, 0.1) is 5.92 Å². The molecule has 2 aliphatic rings. The van der Waals surface area contributed by atoms with Gasteiger partial charge in [0, 0.05) is 13.2 Å². The fourth-order valence-electron chi connectivity index (χ4n) is 2.14. The first-order chi connectivity index (χ1) is 7.88. The van der Waals surface area contributed by atoms with Gasteiger partial charge in [-0.2, -0.15) is 0 Å². The Hall–Kier alpha value is -0.120. The molecule has 1 aliphatic carbocycles. The summed E-state index contributed by atoms with van der Waals surface area (Å²) >= 11 is 0. The third-order valence-corrected chi connectivity index (χ3v) is 3.35. The van der Waals surface area contributed by atoms with Crippen LogP contribution in [0.25, 0.3) is 0 Å². The van der Waals surface area contributed by atoms with Gasteiger partial charge in [0.25, 0.3) is 0 Å². The molecule has 0 spiro atoms. The minimum atomic E-state index is 0.354. The van der Waals surface area contributed by atoms with E-state index in [0.717, 1.165) is 32.2 Å². The number of hydrogen-bond acceptors (Lipinski definition) is 3. The van der Waals surface area contributed by atoms with E-state index in [2.05, 4.69) is 12.2 Å². The van der Waals surface area contributed by atoms with E-state index in [-0.39, 0.29) is 0 Å². The molecule has 3 heteroatoms. The average Bonchev–Trinajstić information content (AvgIpc) is 2.99. The fraction of sp³-hybridized carbons (Fsp3) is 1.00. The molecule has 3 nitrogen and oxygen atoms in total. The molecular formula is C13H25NO2. The Morgan fingerprint density at radius 2 is 1.94 bits per heavy atom. The summed E-state index contributed by atoms with van der Waals surface area (Å²) in [6.07, 6.45) is 7.07. The van der Waals surface area contributed by atoms with E-state index >= 15 is 0 Å². The number of hydrogen-bond donors (Lipinski definition) is 1. The molecule has 2 atom stereocenters. The van der Waals surface area contributed by atoms with Crippen LogP contribution in [0.5, 0.6) is 0 Å². The molecule has 1 aliphatic heterocycles. The molecule has 0 aromatic heterocycles. The second-order valence-corrected chi connectivity index (χ2v) is 5.14. The molecule has 16 heavy (non-hydrogen) atoms. The van der Waals surface area contributed by atoms with Crippen LogP contribution in [0.1, 0.15) is 39.0 Å². The van der Waals surface area contributed by atoms with E-state index in [9.17, 15) is 0 Å². The van der Waals surface area contributed by atoms with Crippen LogP contribution in [0.3, 0.4) is 0 Å². The lowest BCUT2D eigenvalue weighted by molar-refractivity contribution is -0.0164. The van der Waals surface area contributed by atoms with Gasteiger partial charge < -0.3 is 14.8 Å². The van der Waals surface area contributed by atoms with Crippen LogP contribution < -0.4 is 5.32 Å². The lowest BCUT2D eigenvalue weighted by Crippen LogP contribution is -2.28. The third-order valence-electron chi connectivity index (χ3n) is 3.35. The van der Waals surface area contributed by atoms with E-state index in [0.29, 0.717) is 12.2 Å². The lowest BCUT2D eigenvalue weighted by atomic mass is 10.2. The van der Waals surface area contributed by atoms with Crippen LogP contribution in [-0.4, -0.2) is 38.5 Å². The summed E-state index contributed by atoms with van der Waals surface area (Å²) in [6.45, 7) is 6.06. The summed E-state index contributed by atoms with van der Waals surface area (Å²) in [5.74, 6) is 0.864. The second-order valence-electron chi connectivity index (χ2n) is 5.14. The molecule has 0 aromatic rings. The quantitative estimate of drug-likeness (QED) is 0.643. The topological polar surface area (TPSA) is 30.5 Å². The summed E-state index contributed by atoms with van der Waals surface area (Å²) in [7, 11) is 0. The van der Waals surface area contributed by atoms with Crippen molar-refractivity contribution in [2.75, 3.05) is 26.3 Å². The van der Waals surface area contributed by atoms with Gasteiger partial charge in [-0.05, 0) is 44.6 Å². The maximum Gasteiger partial charge on any atom is 0.0813 e. The maximum absolute atomic E-state index is 5.92. The van der Waals surface area contributed by atoms with Crippen molar-refractivity contribution in [2.45, 2.75) is 51.2 Å². The molecule has 2 unspecified atom stereocenters. The first kappa shape index (κ1) is 12.3. The average molecular weight is 227 g/mol. The van der Waals surface area contributed by atoms with E-state index in [1.807, 2.05) is 0 Å². The van der Waals surface area contributed by atoms with E-state index < -0.39 is 0 Å². The fourth-order valence-corrected chi connectivity index (χ4v) is 2.14. The van der Waals surface area contributed by atoms with Crippen LogP contribution in [0.4, 0.5) is 0 Å². The van der Waals surface area contributed by atoms with Crippen molar-refractivity contribution in [3.63, 3.8) is 0 Å². The summed E-state index contributed by atoms with van der Waals surface area (Å²) < 4.78 is 11.6. The Morgan fingerprint density at radius 1 is 1.12 bits per heavy atom. The number of ether oxygens (including phenoxy) is 2. The van der Waals surface area contributed by atoms with Crippen molar-refractivity contribution in [3.05, 3.63) is 0 Å². The standard InChI is InChI=1S/C13H25NO2/c1-2-7-14-8-12-5-6-13(16-12)10-15-9-11-3-4-11/h11-14H,2-10H2,1H3. The van der Waals surface area contributed by atoms with Gasteiger partial charge in [0.1, 0.15) is 0 Å². The van der Waals surface area contributed by atoms with E-state index in [4.69, 9.17) is 9.47 Å². The zero-order valence-electron chi connectivity index (χ0n) is 10.4. The Labute approximate surface area is 98.9 Å². The van der Waals surface area contributed by atoms with E-state index in [1.54, 1.807) is 0 Å². The highest BCUT2D eigenvalue weighted by molar-refractivity contribution is 4.76. The van der Waals surface area contributed by atoms with Gasteiger partial charge in [-0.25, -0.2) is 0 Å². The minimum absolute atomic E-state index is 0.354. The van der Waals surface area contributed by atoms with Crippen molar-refractivity contribution in [2.24, 2.45) is 5.92 Å². The maximum atomic E-state index is 5.92. The summed E-state index contributed by atoms with van der Waals surface area (Å²) in [6, 6.07) is 0. The van der Waals surface area contributed by atoms with Gasteiger partial charge in [-0.1, -0.05) is 6.92 Å². The minimum Gasteiger partial charge on any atom is -0.378 e. The molecule has 2 fully saturated rings. The highest BCUT2D eigenvalue weighted by atomic mass is 16.5. The first-order valence-corrected chi connectivity index (χ1v) is 6.82. The van der Waals surface area contributed by atoms with Gasteiger partial charge in [0.2, 0.25) is 0 Å². The van der Waals surface area contributed by atoms with Gasteiger partial charge in [0.05, 0.1) is 18.8 Å². The van der Waals surface area contributed by atoms with Gasteiger partial charge in [0.15, 0.2) is 0 Å². The SMILES string of the molecule is CCCNCC1CCC(COCC2CC2)O1. The Kier molecular flexibility index (Phi) is 5.07. The van der Waals surface area contributed by atoms with Crippen LogP contribution in [0.2, 0.25) is 0 Å². The Morgan fingerprint density at radius 3 is 2.69 bits per heavy atom. The third kappa shape index (κ3) is 4.40. The molecule has 1 saturated heterocycles. The molecule has 0 radical (unpaired) electrons. The predicted octanol–water partition coefficient (Wildman–Crippen LogP) is 1.96. The predicted molar refractivity (Wildman–Crippen MR) is 64.6 cm³/mol. The van der Waals surface area contributed by atoms with Gasteiger partial charge in [-0.15, -0.1) is 0 Å². The molecule has 0 aromatic carbocycles. The van der Waals surface area contributed by atoms with Crippen molar-refractivity contribution in [3.8, 4) is 0 Å². The zero-order chi connectivity index (χ0) is 11.2.